The summed E-state index contributed by atoms with van der Waals surface area (Å²) < 4.78 is 20.3. The summed E-state index contributed by atoms with van der Waals surface area (Å²) in [7, 11) is 0.380. The molecule has 44 heavy (non-hydrogen) atoms. The summed E-state index contributed by atoms with van der Waals surface area (Å²) in [5.41, 5.74) is 3.42. The molecule has 1 heterocycles. The third-order valence-corrected chi connectivity index (χ3v) is 9.77. The van der Waals surface area contributed by atoms with Gasteiger partial charge in [-0.2, -0.15) is 10.4 Å². The number of fused-ring (bicyclic) bond motifs is 1. The van der Waals surface area contributed by atoms with Crippen LogP contribution in [0.15, 0.2) is 46.6 Å². The van der Waals surface area contributed by atoms with Crippen molar-refractivity contribution in [3.05, 3.63) is 52.1 Å². The second-order valence-electron chi connectivity index (χ2n) is 12.2. The number of benzene rings is 2. The molecule has 1 aliphatic heterocycles. The number of nitro benzene ring substituents is 1. The average Bonchev–Trinajstić information content (AvgIpc) is 2.96. The van der Waals surface area contributed by atoms with E-state index in [1.807, 2.05) is 0 Å². The first-order chi connectivity index (χ1) is 20.9. The Morgan fingerprint density at radius 1 is 1.11 bits per heavy atom. The molecule has 12 heteroatoms. The first-order valence-corrected chi connectivity index (χ1v) is 16.4. The fourth-order valence-electron chi connectivity index (χ4n) is 5.74. The molecule has 1 aliphatic rings. The molecule has 0 bridgehead atoms. The van der Waals surface area contributed by atoms with Crippen molar-refractivity contribution in [3.63, 3.8) is 0 Å². The van der Waals surface area contributed by atoms with Gasteiger partial charge in [0.25, 0.3) is 14.2 Å². The predicted octanol–water partition coefficient (Wildman–Crippen LogP) is 9.18. The van der Waals surface area contributed by atoms with Crippen LogP contribution < -0.4 is 9.64 Å². The molecule has 0 N–H and O–H groups in total. The van der Waals surface area contributed by atoms with E-state index in [1.165, 1.54) is 17.7 Å². The van der Waals surface area contributed by atoms with Crippen molar-refractivity contribution < 1.29 is 18.7 Å². The fourth-order valence-corrected chi connectivity index (χ4v) is 7.37. The summed E-state index contributed by atoms with van der Waals surface area (Å²) in [6.07, 6.45) is 3.14. The summed E-state index contributed by atoms with van der Waals surface area (Å²) >= 11 is 0. The second-order valence-corrected chi connectivity index (χ2v) is 13.7. The average molecular weight is 627 g/mol. The SMILES string of the molecule is COc1cc2c(cc1/N=N/c1ccc([N+](=O)[O-])cc1)C(C)CC(C)(C)N2CCCCOP(OCCC#N)N(C(C)C)C(C)C. The summed E-state index contributed by atoms with van der Waals surface area (Å²) in [6, 6.07) is 12.8. The van der Waals surface area contributed by atoms with Gasteiger partial charge in [0.05, 0.1) is 43.4 Å². The van der Waals surface area contributed by atoms with Crippen LogP contribution in [0.25, 0.3) is 0 Å². The van der Waals surface area contributed by atoms with Crippen molar-refractivity contribution >= 4 is 31.3 Å². The number of methoxy groups -OCH3 is 1. The molecular weight excluding hydrogens is 579 g/mol. The van der Waals surface area contributed by atoms with E-state index >= 15 is 0 Å². The van der Waals surface area contributed by atoms with Crippen LogP contribution in [0, 0.1) is 21.4 Å². The minimum absolute atomic E-state index is 0.0104. The van der Waals surface area contributed by atoms with Crippen LogP contribution in [-0.2, 0) is 9.05 Å². The van der Waals surface area contributed by atoms with Gasteiger partial charge >= 0.3 is 0 Å². The standard InChI is InChI=1S/C32H47N6O5P/c1-23(2)37(24(3)4)44(43-19-11-16-33)42-18-10-9-17-36-30-21-31(41-8)29(20-28(30)25(5)22-32(36,6)7)35-34-26-12-14-27(15-13-26)38(39)40/h12-15,20-21,23-25H,9-11,17-19,22H2,1-8H3/b35-34+. The third kappa shape index (κ3) is 9.18. The van der Waals surface area contributed by atoms with Crippen LogP contribution in [-0.4, -0.2) is 54.1 Å². The number of hydrogen-bond donors (Lipinski definition) is 0. The van der Waals surface area contributed by atoms with E-state index < -0.39 is 13.4 Å². The maximum Gasteiger partial charge on any atom is 0.269 e. The summed E-state index contributed by atoms with van der Waals surface area (Å²) in [4.78, 5) is 13.0. The van der Waals surface area contributed by atoms with Crippen LogP contribution in [0.1, 0.15) is 85.6 Å². The molecule has 2 aromatic rings. The van der Waals surface area contributed by atoms with Gasteiger partial charge in [-0.3, -0.25) is 10.1 Å². The molecule has 2 aromatic carbocycles. The highest BCUT2D eigenvalue weighted by Gasteiger charge is 2.37. The Morgan fingerprint density at radius 2 is 1.77 bits per heavy atom. The van der Waals surface area contributed by atoms with E-state index in [1.54, 1.807) is 19.2 Å². The number of azo groups is 1. The lowest BCUT2D eigenvalue weighted by atomic mass is 9.79. The van der Waals surface area contributed by atoms with Crippen molar-refractivity contribution in [2.75, 3.05) is 31.8 Å². The molecule has 2 atom stereocenters. The van der Waals surface area contributed by atoms with Gasteiger partial charge in [0, 0.05) is 48.1 Å². The van der Waals surface area contributed by atoms with Gasteiger partial charge in [0.1, 0.15) is 11.4 Å². The third-order valence-electron chi connectivity index (χ3n) is 7.66. The fraction of sp³-hybridized carbons (Fsp3) is 0.594. The molecule has 0 fully saturated rings. The second kappa shape index (κ2) is 16.2. The Bertz CT molecular complexity index is 1300. The number of hydrogen-bond acceptors (Lipinski definition) is 10. The summed E-state index contributed by atoms with van der Waals surface area (Å²) in [6.45, 7) is 17.2. The Morgan fingerprint density at radius 3 is 2.36 bits per heavy atom. The number of nitro groups is 1. The Balaban J connectivity index is 1.73. The zero-order valence-electron chi connectivity index (χ0n) is 27.3. The molecule has 0 saturated carbocycles. The lowest BCUT2D eigenvalue weighted by Gasteiger charge is -2.48. The molecule has 0 spiro atoms. The van der Waals surface area contributed by atoms with Crippen LogP contribution in [0.5, 0.6) is 5.75 Å². The topological polar surface area (TPSA) is 126 Å². The number of nitrogens with zero attached hydrogens (tertiary/aromatic N) is 6. The normalized spacial score (nSPS) is 16.9. The van der Waals surface area contributed by atoms with Gasteiger partial charge < -0.3 is 18.7 Å². The van der Waals surface area contributed by atoms with Gasteiger partial charge in [0.15, 0.2) is 0 Å². The van der Waals surface area contributed by atoms with Crippen LogP contribution in [0.3, 0.4) is 0 Å². The van der Waals surface area contributed by atoms with Crippen LogP contribution in [0.4, 0.5) is 22.7 Å². The molecule has 0 amide bonds. The molecule has 3 rings (SSSR count). The number of non-ortho nitro benzene ring substituents is 1. The number of anilines is 1. The first-order valence-electron chi connectivity index (χ1n) is 15.3. The number of rotatable bonds is 16. The highest BCUT2D eigenvalue weighted by atomic mass is 31.2. The van der Waals surface area contributed by atoms with E-state index in [9.17, 15) is 10.1 Å². The minimum Gasteiger partial charge on any atom is -0.494 e. The van der Waals surface area contributed by atoms with E-state index in [4.69, 9.17) is 19.0 Å². The molecule has 2 unspecified atom stereocenters. The van der Waals surface area contributed by atoms with Gasteiger partial charge in [-0.15, -0.1) is 5.11 Å². The highest BCUT2D eigenvalue weighted by molar-refractivity contribution is 7.44. The van der Waals surface area contributed by atoms with E-state index in [0.29, 0.717) is 42.7 Å². The van der Waals surface area contributed by atoms with E-state index in [2.05, 4.69) is 86.5 Å². The smallest absolute Gasteiger partial charge is 0.269 e. The summed E-state index contributed by atoms with van der Waals surface area (Å²) in [5.74, 6) is 0.932. The number of ether oxygens (including phenoxy) is 1. The van der Waals surface area contributed by atoms with Gasteiger partial charge in [-0.1, -0.05) is 6.92 Å². The molecule has 0 radical (unpaired) electrons. The molecule has 0 aromatic heterocycles. The Hall–Kier alpha value is -3.16. The van der Waals surface area contributed by atoms with Crippen molar-refractivity contribution in [1.29, 1.82) is 5.26 Å². The van der Waals surface area contributed by atoms with Crippen molar-refractivity contribution in [2.45, 2.75) is 97.7 Å². The largest absolute Gasteiger partial charge is 0.494 e. The molecule has 0 aliphatic carbocycles. The minimum atomic E-state index is -1.25. The first kappa shape index (κ1) is 35.3. The zero-order valence-corrected chi connectivity index (χ0v) is 28.2. The quantitative estimate of drug-likeness (QED) is 0.0593. The Kier molecular flexibility index (Phi) is 13.0. The van der Waals surface area contributed by atoms with Crippen molar-refractivity contribution in [1.82, 2.24) is 4.67 Å². The predicted molar refractivity (Wildman–Crippen MR) is 175 cm³/mol. The number of nitriles is 1. The highest BCUT2D eigenvalue weighted by Crippen LogP contribution is 2.48. The van der Waals surface area contributed by atoms with Gasteiger partial charge in [0.2, 0.25) is 0 Å². The van der Waals surface area contributed by atoms with Crippen LogP contribution >= 0.6 is 8.53 Å². The van der Waals surface area contributed by atoms with Crippen molar-refractivity contribution in [3.8, 4) is 11.8 Å². The maximum absolute atomic E-state index is 11.0. The summed E-state index contributed by atoms with van der Waals surface area (Å²) in [5, 5.41) is 28.7. The zero-order chi connectivity index (χ0) is 32.4. The molecule has 240 valence electrons. The number of unbranched alkanes of at least 4 members (excludes halogenated alkanes) is 1. The molecule has 0 saturated heterocycles. The van der Waals surface area contributed by atoms with Gasteiger partial charge in [-0.25, -0.2) is 4.67 Å². The molecule has 11 nitrogen and oxygen atoms in total. The Labute approximate surface area is 263 Å². The lowest BCUT2D eigenvalue weighted by Crippen LogP contribution is -2.48. The van der Waals surface area contributed by atoms with Crippen molar-refractivity contribution in [2.24, 2.45) is 10.2 Å². The molecular formula is C32H47N6O5P. The van der Waals surface area contributed by atoms with Gasteiger partial charge in [-0.05, 0) is 90.5 Å². The maximum atomic E-state index is 11.0. The lowest BCUT2D eigenvalue weighted by molar-refractivity contribution is -0.384. The van der Waals surface area contributed by atoms with E-state index in [-0.39, 0.29) is 23.3 Å². The van der Waals surface area contributed by atoms with E-state index in [0.717, 1.165) is 31.5 Å². The monoisotopic (exact) mass is 626 g/mol. The van der Waals surface area contributed by atoms with Crippen LogP contribution in [0.2, 0.25) is 0 Å².